The van der Waals surface area contributed by atoms with Crippen molar-refractivity contribution in [1.82, 2.24) is 20.2 Å². The molecule has 0 aliphatic heterocycles. The van der Waals surface area contributed by atoms with Crippen LogP contribution in [0.1, 0.15) is 11.6 Å². The van der Waals surface area contributed by atoms with Gasteiger partial charge in [-0.2, -0.15) is 0 Å². The number of hydrogen-bond acceptors (Lipinski definition) is 5. The van der Waals surface area contributed by atoms with Crippen molar-refractivity contribution in [3.8, 4) is 5.69 Å². The Labute approximate surface area is 166 Å². The van der Waals surface area contributed by atoms with Crippen molar-refractivity contribution in [2.24, 2.45) is 0 Å². The van der Waals surface area contributed by atoms with Gasteiger partial charge in [0.2, 0.25) is 0 Å². The molecule has 1 aromatic heterocycles. The summed E-state index contributed by atoms with van der Waals surface area (Å²) < 4.78 is 14.7. The summed E-state index contributed by atoms with van der Waals surface area (Å²) in [6.45, 7) is 0. The third kappa shape index (κ3) is 4.44. The van der Waals surface area contributed by atoms with Crippen LogP contribution in [-0.4, -0.2) is 26.1 Å². The van der Waals surface area contributed by atoms with Crippen molar-refractivity contribution in [1.29, 1.82) is 0 Å². The van der Waals surface area contributed by atoms with Gasteiger partial charge in [0.15, 0.2) is 0 Å². The fraction of sp³-hybridized carbons (Fsp3) is 0.0476. The van der Waals surface area contributed by atoms with Gasteiger partial charge in [0.1, 0.15) is 18.2 Å². The molecular weight excluding hydrogens is 371 g/mol. The minimum atomic E-state index is -0.639. The lowest BCUT2D eigenvalue weighted by Crippen LogP contribution is -2.27. The maximum atomic E-state index is 13.1. The normalized spacial score (nSPS) is 11.6. The summed E-state index contributed by atoms with van der Waals surface area (Å²) in [6, 6.07) is 21.8. The first-order valence-electron chi connectivity index (χ1n) is 8.90. The SMILES string of the molecule is O=C(Nc1ccc(F)cc1)[C@@H](Nc1ccc(-n2cnnn2)cc1)c1ccccc1. The molecule has 4 rings (SSSR count). The van der Waals surface area contributed by atoms with Gasteiger partial charge in [-0.05, 0) is 64.5 Å². The van der Waals surface area contributed by atoms with Gasteiger partial charge in [0.05, 0.1) is 5.69 Å². The van der Waals surface area contributed by atoms with Crippen LogP contribution in [0.25, 0.3) is 5.69 Å². The predicted molar refractivity (Wildman–Crippen MR) is 107 cm³/mol. The molecule has 0 unspecified atom stereocenters. The molecule has 3 aromatic carbocycles. The Hall–Kier alpha value is -4.07. The van der Waals surface area contributed by atoms with Crippen LogP contribution in [0.3, 0.4) is 0 Å². The highest BCUT2D eigenvalue weighted by molar-refractivity contribution is 5.97. The fourth-order valence-corrected chi connectivity index (χ4v) is 2.85. The zero-order chi connectivity index (χ0) is 20.1. The lowest BCUT2D eigenvalue weighted by atomic mass is 10.1. The molecule has 4 aromatic rings. The van der Waals surface area contributed by atoms with E-state index in [1.54, 1.807) is 4.68 Å². The summed E-state index contributed by atoms with van der Waals surface area (Å²) in [5.74, 6) is -0.615. The van der Waals surface area contributed by atoms with Crippen molar-refractivity contribution < 1.29 is 9.18 Å². The zero-order valence-corrected chi connectivity index (χ0v) is 15.2. The van der Waals surface area contributed by atoms with Gasteiger partial charge in [-0.1, -0.05) is 30.3 Å². The van der Waals surface area contributed by atoms with Crippen LogP contribution in [-0.2, 0) is 4.79 Å². The molecule has 0 aliphatic rings. The molecule has 8 heteroatoms. The molecule has 0 saturated heterocycles. The number of carbonyl (C=O) groups excluding carboxylic acids is 1. The summed E-state index contributed by atoms with van der Waals surface area (Å²) >= 11 is 0. The van der Waals surface area contributed by atoms with Crippen LogP contribution in [0, 0.1) is 5.82 Å². The molecule has 2 N–H and O–H groups in total. The molecule has 0 saturated carbocycles. The monoisotopic (exact) mass is 388 g/mol. The first kappa shape index (κ1) is 18.3. The zero-order valence-electron chi connectivity index (χ0n) is 15.2. The number of aromatic nitrogens is 4. The van der Waals surface area contributed by atoms with Crippen LogP contribution >= 0.6 is 0 Å². The van der Waals surface area contributed by atoms with Crippen molar-refractivity contribution in [2.75, 3.05) is 10.6 Å². The number of tetrazole rings is 1. The van der Waals surface area contributed by atoms with E-state index in [0.717, 1.165) is 16.9 Å². The van der Waals surface area contributed by atoms with Gasteiger partial charge in [-0.15, -0.1) is 5.10 Å². The van der Waals surface area contributed by atoms with Gasteiger partial charge in [0, 0.05) is 11.4 Å². The molecule has 7 nitrogen and oxygen atoms in total. The van der Waals surface area contributed by atoms with E-state index in [0.29, 0.717) is 5.69 Å². The highest BCUT2D eigenvalue weighted by atomic mass is 19.1. The number of halogens is 1. The number of nitrogens with one attached hydrogen (secondary N) is 2. The molecule has 29 heavy (non-hydrogen) atoms. The summed E-state index contributed by atoms with van der Waals surface area (Å²) in [5, 5.41) is 17.2. The minimum absolute atomic E-state index is 0.257. The summed E-state index contributed by atoms with van der Waals surface area (Å²) in [6.07, 6.45) is 1.51. The van der Waals surface area contributed by atoms with E-state index in [1.807, 2.05) is 54.6 Å². The minimum Gasteiger partial charge on any atom is -0.370 e. The Morgan fingerprint density at radius 1 is 0.897 bits per heavy atom. The molecule has 1 amide bonds. The number of nitrogens with zero attached hydrogens (tertiary/aromatic N) is 4. The number of benzene rings is 3. The first-order valence-corrected chi connectivity index (χ1v) is 8.90. The molecule has 0 spiro atoms. The fourth-order valence-electron chi connectivity index (χ4n) is 2.85. The van der Waals surface area contributed by atoms with E-state index < -0.39 is 6.04 Å². The molecule has 1 atom stereocenters. The average Bonchev–Trinajstić information content (AvgIpc) is 3.29. The van der Waals surface area contributed by atoms with E-state index in [9.17, 15) is 9.18 Å². The van der Waals surface area contributed by atoms with E-state index in [2.05, 4.69) is 26.2 Å². The molecule has 0 fully saturated rings. The largest absolute Gasteiger partial charge is 0.370 e. The van der Waals surface area contributed by atoms with Crippen molar-refractivity contribution >= 4 is 17.3 Å². The maximum Gasteiger partial charge on any atom is 0.251 e. The Balaban J connectivity index is 1.56. The smallest absolute Gasteiger partial charge is 0.251 e. The van der Waals surface area contributed by atoms with Gasteiger partial charge in [-0.25, -0.2) is 9.07 Å². The standard InChI is InChI=1S/C21H17FN6O/c22-16-6-8-18(9-7-16)25-21(29)20(15-4-2-1-3-5-15)24-17-10-12-19(13-11-17)28-14-23-26-27-28/h1-14,20,24H,(H,25,29)/t20-/m0/s1. The summed E-state index contributed by atoms with van der Waals surface area (Å²) in [7, 11) is 0. The van der Waals surface area contributed by atoms with Crippen molar-refractivity contribution in [3.63, 3.8) is 0 Å². The Bertz CT molecular complexity index is 1070. The second-order valence-electron chi connectivity index (χ2n) is 6.29. The predicted octanol–water partition coefficient (Wildman–Crippen LogP) is 3.59. The van der Waals surface area contributed by atoms with Crippen LogP contribution in [0.2, 0.25) is 0 Å². The quantitative estimate of drug-likeness (QED) is 0.527. The number of rotatable bonds is 6. The second-order valence-corrected chi connectivity index (χ2v) is 6.29. The lowest BCUT2D eigenvalue weighted by molar-refractivity contribution is -0.117. The molecule has 1 heterocycles. The third-order valence-corrected chi connectivity index (χ3v) is 4.30. The molecule has 0 radical (unpaired) electrons. The summed E-state index contributed by atoms with van der Waals surface area (Å²) in [5.41, 5.74) is 2.88. The maximum absolute atomic E-state index is 13.1. The summed E-state index contributed by atoms with van der Waals surface area (Å²) in [4.78, 5) is 13.0. The number of hydrogen-bond donors (Lipinski definition) is 2. The highest BCUT2D eigenvalue weighted by Gasteiger charge is 2.20. The Morgan fingerprint density at radius 2 is 1.59 bits per heavy atom. The molecule has 0 aliphatic carbocycles. The van der Waals surface area contributed by atoms with Gasteiger partial charge < -0.3 is 10.6 Å². The third-order valence-electron chi connectivity index (χ3n) is 4.30. The molecule has 0 bridgehead atoms. The number of anilines is 2. The number of carbonyl (C=O) groups is 1. The van der Waals surface area contributed by atoms with E-state index >= 15 is 0 Å². The lowest BCUT2D eigenvalue weighted by Gasteiger charge is -2.20. The van der Waals surface area contributed by atoms with E-state index in [-0.39, 0.29) is 11.7 Å². The van der Waals surface area contributed by atoms with Crippen LogP contribution in [0.15, 0.2) is 85.2 Å². The van der Waals surface area contributed by atoms with Gasteiger partial charge in [-0.3, -0.25) is 4.79 Å². The topological polar surface area (TPSA) is 84.7 Å². The van der Waals surface area contributed by atoms with Crippen molar-refractivity contribution in [3.05, 3.63) is 96.6 Å². The van der Waals surface area contributed by atoms with Crippen LogP contribution in [0.5, 0.6) is 0 Å². The van der Waals surface area contributed by atoms with Crippen LogP contribution in [0.4, 0.5) is 15.8 Å². The van der Waals surface area contributed by atoms with E-state index in [4.69, 9.17) is 0 Å². The second kappa shape index (κ2) is 8.30. The Morgan fingerprint density at radius 3 is 2.24 bits per heavy atom. The average molecular weight is 388 g/mol. The highest BCUT2D eigenvalue weighted by Crippen LogP contribution is 2.23. The van der Waals surface area contributed by atoms with E-state index in [1.165, 1.54) is 30.6 Å². The van der Waals surface area contributed by atoms with Crippen molar-refractivity contribution in [2.45, 2.75) is 6.04 Å². The van der Waals surface area contributed by atoms with Gasteiger partial charge >= 0.3 is 0 Å². The molecular formula is C21H17FN6O. The van der Waals surface area contributed by atoms with Gasteiger partial charge in [0.25, 0.3) is 5.91 Å². The first-order chi connectivity index (χ1) is 14.2. The number of amides is 1. The molecule has 144 valence electrons. The van der Waals surface area contributed by atoms with Crippen LogP contribution < -0.4 is 10.6 Å². The Kier molecular flexibility index (Phi) is 5.24.